The molecule has 32 heavy (non-hydrogen) atoms. The Labute approximate surface area is 212 Å². The lowest BCUT2D eigenvalue weighted by atomic mass is 10.2. The van der Waals surface area contributed by atoms with Crippen molar-refractivity contribution >= 4 is 52.9 Å². The zero-order valence-corrected chi connectivity index (χ0v) is 21.6. The van der Waals surface area contributed by atoms with Gasteiger partial charge in [0.15, 0.2) is 5.96 Å². The number of hydrogen-bond donors (Lipinski definition) is 2. The van der Waals surface area contributed by atoms with E-state index in [2.05, 4.69) is 61.8 Å². The molecular formula is C24H31ClIN5O. The quantitative estimate of drug-likeness (QED) is 0.236. The molecule has 2 heterocycles. The predicted octanol–water partition coefficient (Wildman–Crippen LogP) is 4.29. The summed E-state index contributed by atoms with van der Waals surface area (Å²) in [6.07, 6.45) is 5.44. The van der Waals surface area contributed by atoms with Gasteiger partial charge in [0.25, 0.3) is 0 Å². The molecule has 0 aliphatic carbocycles. The fourth-order valence-electron chi connectivity index (χ4n) is 4.13. The first-order valence-electron chi connectivity index (χ1n) is 10.7. The van der Waals surface area contributed by atoms with E-state index in [-0.39, 0.29) is 24.0 Å². The van der Waals surface area contributed by atoms with Gasteiger partial charge >= 0.3 is 0 Å². The maximum atomic E-state index is 6.21. The van der Waals surface area contributed by atoms with Crippen LogP contribution in [0, 0.1) is 0 Å². The van der Waals surface area contributed by atoms with Crippen LogP contribution in [0.15, 0.2) is 59.6 Å². The molecule has 172 valence electrons. The highest BCUT2D eigenvalue weighted by atomic mass is 127. The minimum atomic E-state index is 0. The van der Waals surface area contributed by atoms with Crippen LogP contribution in [0.1, 0.15) is 12.0 Å². The number of aliphatic imine (C=N–C) groups is 1. The third-order valence-electron chi connectivity index (χ3n) is 5.79. The van der Waals surface area contributed by atoms with Crippen LogP contribution in [0.5, 0.6) is 5.75 Å². The summed E-state index contributed by atoms with van der Waals surface area (Å²) >= 11 is 6.21. The Morgan fingerprint density at radius 1 is 1.16 bits per heavy atom. The zero-order chi connectivity index (χ0) is 21.6. The average molecular weight is 568 g/mol. The van der Waals surface area contributed by atoms with Gasteiger partial charge in [0.2, 0.25) is 0 Å². The van der Waals surface area contributed by atoms with E-state index in [9.17, 15) is 0 Å². The van der Waals surface area contributed by atoms with Gasteiger partial charge in [-0.25, -0.2) is 0 Å². The molecule has 0 saturated carbocycles. The van der Waals surface area contributed by atoms with Gasteiger partial charge in [-0.05, 0) is 42.3 Å². The molecule has 2 aromatic rings. The first kappa shape index (κ1) is 24.5. The van der Waals surface area contributed by atoms with Gasteiger partial charge in [0.1, 0.15) is 5.75 Å². The van der Waals surface area contributed by atoms with Crippen molar-refractivity contribution in [1.82, 2.24) is 10.6 Å². The summed E-state index contributed by atoms with van der Waals surface area (Å²) in [4.78, 5) is 9.09. The number of nitrogens with zero attached hydrogens (tertiary/aromatic N) is 3. The molecule has 6 nitrogen and oxygen atoms in total. The first-order chi connectivity index (χ1) is 15.2. The second kappa shape index (κ2) is 11.7. The molecule has 1 fully saturated rings. The summed E-state index contributed by atoms with van der Waals surface area (Å²) in [5, 5.41) is 7.74. The standard InChI is InChI=1S/C24H30ClN5O.HI/c1-26-24(27-16-18-6-5-7-21(14-18)29-11-3-4-12-29)28-20-10-13-30(17-20)22-15-19(25)8-9-23(22)31-2;/h3-9,14-15,20H,10-13,16-17H2,1-2H3,(H2,26,27,28);1H. The van der Waals surface area contributed by atoms with Crippen molar-refractivity contribution in [2.45, 2.75) is 19.0 Å². The van der Waals surface area contributed by atoms with E-state index in [0.717, 1.165) is 61.6 Å². The van der Waals surface area contributed by atoms with E-state index < -0.39 is 0 Å². The molecule has 0 amide bonds. The van der Waals surface area contributed by atoms with Gasteiger partial charge in [0.05, 0.1) is 12.8 Å². The Morgan fingerprint density at radius 3 is 2.72 bits per heavy atom. The van der Waals surface area contributed by atoms with Crippen LogP contribution in [0.2, 0.25) is 5.02 Å². The molecule has 1 unspecified atom stereocenters. The fraction of sp³-hybridized carbons (Fsp3) is 0.375. The summed E-state index contributed by atoms with van der Waals surface area (Å²) in [6.45, 7) is 4.50. The van der Waals surface area contributed by atoms with Gasteiger partial charge in [-0.1, -0.05) is 35.9 Å². The van der Waals surface area contributed by atoms with Crippen molar-refractivity contribution in [3.63, 3.8) is 0 Å². The molecule has 2 aromatic carbocycles. The molecule has 2 aliphatic heterocycles. The molecule has 1 atom stereocenters. The molecule has 0 radical (unpaired) electrons. The lowest BCUT2D eigenvalue weighted by molar-refractivity contribution is 0.415. The number of nitrogens with one attached hydrogen (secondary N) is 2. The Hall–Kier alpha value is -2.13. The van der Waals surface area contributed by atoms with Crippen LogP contribution in [0.25, 0.3) is 0 Å². The first-order valence-corrected chi connectivity index (χ1v) is 11.1. The number of guanidine groups is 1. The number of benzene rings is 2. The number of methoxy groups -OCH3 is 1. The number of hydrogen-bond acceptors (Lipinski definition) is 4. The van der Waals surface area contributed by atoms with Crippen LogP contribution < -0.4 is 25.2 Å². The Bertz CT molecular complexity index is 959. The van der Waals surface area contributed by atoms with Crippen LogP contribution in [-0.4, -0.2) is 52.3 Å². The molecule has 2 aliphatic rings. The Morgan fingerprint density at radius 2 is 1.97 bits per heavy atom. The van der Waals surface area contributed by atoms with E-state index in [4.69, 9.17) is 16.3 Å². The van der Waals surface area contributed by atoms with E-state index in [1.54, 1.807) is 7.11 Å². The summed E-state index contributed by atoms with van der Waals surface area (Å²) in [5.41, 5.74) is 3.54. The monoisotopic (exact) mass is 567 g/mol. The van der Waals surface area contributed by atoms with E-state index in [0.29, 0.717) is 6.04 Å². The summed E-state index contributed by atoms with van der Waals surface area (Å²) in [7, 11) is 3.51. The van der Waals surface area contributed by atoms with Crippen LogP contribution in [-0.2, 0) is 6.54 Å². The van der Waals surface area contributed by atoms with Crippen molar-refractivity contribution in [3.05, 3.63) is 65.2 Å². The molecule has 0 aromatic heterocycles. The Kier molecular flexibility index (Phi) is 8.92. The molecular weight excluding hydrogens is 537 g/mol. The minimum Gasteiger partial charge on any atom is -0.495 e. The van der Waals surface area contributed by atoms with Crippen molar-refractivity contribution in [3.8, 4) is 5.75 Å². The highest BCUT2D eigenvalue weighted by Gasteiger charge is 2.25. The van der Waals surface area contributed by atoms with Crippen molar-refractivity contribution < 1.29 is 4.74 Å². The van der Waals surface area contributed by atoms with Crippen molar-refractivity contribution in [2.24, 2.45) is 4.99 Å². The molecule has 0 spiro atoms. The van der Waals surface area contributed by atoms with E-state index >= 15 is 0 Å². The van der Waals surface area contributed by atoms with E-state index in [1.807, 2.05) is 25.2 Å². The maximum Gasteiger partial charge on any atom is 0.191 e. The molecule has 4 rings (SSSR count). The topological polar surface area (TPSA) is 52.1 Å². The highest BCUT2D eigenvalue weighted by Crippen LogP contribution is 2.33. The van der Waals surface area contributed by atoms with Crippen LogP contribution >= 0.6 is 35.6 Å². The van der Waals surface area contributed by atoms with Gasteiger partial charge < -0.3 is 25.2 Å². The molecule has 2 N–H and O–H groups in total. The SMILES string of the molecule is CN=C(NCc1cccc(N2CC=CC2)c1)NC1CCN(c2cc(Cl)ccc2OC)C1.I. The Balaban J connectivity index is 0.00000289. The molecule has 0 bridgehead atoms. The second-order valence-electron chi connectivity index (χ2n) is 7.86. The van der Waals surface area contributed by atoms with Crippen molar-refractivity contribution in [1.29, 1.82) is 0 Å². The number of halogens is 2. The van der Waals surface area contributed by atoms with Gasteiger partial charge in [0, 0.05) is 56.5 Å². The normalized spacial score (nSPS) is 18.0. The smallest absolute Gasteiger partial charge is 0.191 e. The van der Waals surface area contributed by atoms with Gasteiger partial charge in [-0.15, -0.1) is 24.0 Å². The van der Waals surface area contributed by atoms with Gasteiger partial charge in [-0.3, -0.25) is 4.99 Å². The van der Waals surface area contributed by atoms with Crippen LogP contribution in [0.3, 0.4) is 0 Å². The predicted molar refractivity (Wildman–Crippen MR) is 145 cm³/mol. The largest absolute Gasteiger partial charge is 0.495 e. The zero-order valence-electron chi connectivity index (χ0n) is 18.6. The molecule has 1 saturated heterocycles. The van der Waals surface area contributed by atoms with Crippen LogP contribution in [0.4, 0.5) is 11.4 Å². The maximum absolute atomic E-state index is 6.21. The minimum absolute atomic E-state index is 0. The lowest BCUT2D eigenvalue weighted by Gasteiger charge is -2.22. The number of anilines is 2. The average Bonchev–Trinajstić information content (AvgIpc) is 3.49. The number of ether oxygens (including phenoxy) is 1. The van der Waals surface area contributed by atoms with Crippen molar-refractivity contribution in [2.75, 3.05) is 50.1 Å². The summed E-state index contributed by atoms with van der Waals surface area (Å²) < 4.78 is 5.52. The molecule has 8 heteroatoms. The summed E-state index contributed by atoms with van der Waals surface area (Å²) in [6, 6.07) is 14.7. The lowest BCUT2D eigenvalue weighted by Crippen LogP contribution is -2.44. The summed E-state index contributed by atoms with van der Waals surface area (Å²) in [5.74, 6) is 1.67. The third-order valence-corrected chi connectivity index (χ3v) is 6.02. The van der Waals surface area contributed by atoms with Gasteiger partial charge in [-0.2, -0.15) is 0 Å². The third kappa shape index (κ3) is 6.01. The second-order valence-corrected chi connectivity index (χ2v) is 8.30. The van der Waals surface area contributed by atoms with E-state index in [1.165, 1.54) is 11.3 Å². The fourth-order valence-corrected chi connectivity index (χ4v) is 4.30. The number of rotatable bonds is 6. The highest BCUT2D eigenvalue weighted by molar-refractivity contribution is 14.0.